The van der Waals surface area contributed by atoms with Crippen LogP contribution in [0, 0.1) is 0 Å². The quantitative estimate of drug-likeness (QED) is 0.500. The fourth-order valence-corrected chi connectivity index (χ4v) is 2.46. The molecule has 5 heteroatoms. The average molecular weight is 269 g/mol. The number of thioether (sulfide) groups is 1. The predicted octanol–water partition coefficient (Wildman–Crippen LogP) is 2.68. The highest BCUT2D eigenvalue weighted by atomic mass is 32.2. The van der Waals surface area contributed by atoms with Crippen LogP contribution < -0.4 is 5.32 Å². The second-order valence-electron chi connectivity index (χ2n) is 3.77. The van der Waals surface area contributed by atoms with Crippen LogP contribution in [-0.2, 0) is 0 Å². The van der Waals surface area contributed by atoms with Gasteiger partial charge in [0.15, 0.2) is 0 Å². The number of aromatic carboxylic acids is 1. The molecule has 0 amide bonds. The van der Waals surface area contributed by atoms with Crippen LogP contribution in [0.4, 0.5) is 5.69 Å². The summed E-state index contributed by atoms with van der Waals surface area (Å²) in [7, 11) is 0. The van der Waals surface area contributed by atoms with Crippen LogP contribution in [0.15, 0.2) is 23.1 Å². The number of unbranched alkanes of at least 4 members (excludes halogenated alkanes) is 1. The predicted molar refractivity (Wildman–Crippen MR) is 74.6 cm³/mol. The van der Waals surface area contributed by atoms with Crippen LogP contribution in [0.1, 0.15) is 30.1 Å². The summed E-state index contributed by atoms with van der Waals surface area (Å²) in [5.74, 6) is -0.0648. The van der Waals surface area contributed by atoms with Gasteiger partial charge in [-0.2, -0.15) is 0 Å². The highest BCUT2D eigenvalue weighted by Crippen LogP contribution is 2.28. The SMILES string of the molecule is CCSc1cccc(NCCCCO)c1C(=O)O. The molecule has 18 heavy (non-hydrogen) atoms. The molecule has 1 aromatic carbocycles. The Kier molecular flexibility index (Phi) is 6.60. The summed E-state index contributed by atoms with van der Waals surface area (Å²) < 4.78 is 0. The molecule has 3 N–H and O–H groups in total. The number of nitrogens with one attached hydrogen (secondary N) is 1. The first kappa shape index (κ1) is 14.9. The lowest BCUT2D eigenvalue weighted by atomic mass is 10.1. The van der Waals surface area contributed by atoms with E-state index < -0.39 is 5.97 Å². The summed E-state index contributed by atoms with van der Waals surface area (Å²) in [6.45, 7) is 2.83. The monoisotopic (exact) mass is 269 g/mol. The van der Waals surface area contributed by atoms with Crippen molar-refractivity contribution >= 4 is 23.4 Å². The normalized spacial score (nSPS) is 10.3. The number of hydrogen-bond donors (Lipinski definition) is 3. The van der Waals surface area contributed by atoms with E-state index >= 15 is 0 Å². The maximum atomic E-state index is 11.3. The van der Waals surface area contributed by atoms with E-state index in [0.29, 0.717) is 17.8 Å². The van der Waals surface area contributed by atoms with E-state index in [2.05, 4.69) is 5.32 Å². The number of hydrogen-bond acceptors (Lipinski definition) is 4. The van der Waals surface area contributed by atoms with E-state index in [-0.39, 0.29) is 6.61 Å². The first-order valence-electron chi connectivity index (χ1n) is 6.04. The van der Waals surface area contributed by atoms with E-state index in [1.807, 2.05) is 19.1 Å². The lowest BCUT2D eigenvalue weighted by Gasteiger charge is -2.12. The molecule has 0 aliphatic carbocycles. The molecule has 4 nitrogen and oxygen atoms in total. The Hall–Kier alpha value is -1.20. The Morgan fingerprint density at radius 1 is 1.39 bits per heavy atom. The minimum Gasteiger partial charge on any atom is -0.478 e. The molecule has 100 valence electrons. The summed E-state index contributed by atoms with van der Waals surface area (Å²) >= 11 is 1.53. The third-order valence-electron chi connectivity index (χ3n) is 2.44. The number of carboxylic acids is 1. The molecule has 1 aromatic rings. The Balaban J connectivity index is 2.82. The molecule has 0 atom stereocenters. The number of carboxylic acid groups (broad SMARTS) is 1. The Morgan fingerprint density at radius 2 is 2.17 bits per heavy atom. The maximum absolute atomic E-state index is 11.3. The molecule has 0 saturated heterocycles. The number of rotatable bonds is 8. The summed E-state index contributed by atoms with van der Waals surface area (Å²) in [5, 5.41) is 21.1. The molecule has 0 aromatic heterocycles. The van der Waals surface area contributed by atoms with Crippen molar-refractivity contribution in [2.75, 3.05) is 24.2 Å². The number of carbonyl (C=O) groups is 1. The molecule has 0 fully saturated rings. The molecule has 1 rings (SSSR count). The Bertz CT molecular complexity index is 396. The van der Waals surface area contributed by atoms with Gasteiger partial charge in [0.2, 0.25) is 0 Å². The van der Waals surface area contributed by atoms with Gasteiger partial charge in [-0.1, -0.05) is 13.0 Å². The van der Waals surface area contributed by atoms with E-state index in [0.717, 1.165) is 23.5 Å². The van der Waals surface area contributed by atoms with Crippen molar-refractivity contribution in [1.29, 1.82) is 0 Å². The van der Waals surface area contributed by atoms with Crippen LogP contribution in [0.25, 0.3) is 0 Å². The van der Waals surface area contributed by atoms with Gasteiger partial charge >= 0.3 is 5.97 Å². The Morgan fingerprint density at radius 3 is 2.78 bits per heavy atom. The van der Waals surface area contributed by atoms with E-state index in [1.165, 1.54) is 11.8 Å². The largest absolute Gasteiger partial charge is 0.478 e. The minimum atomic E-state index is -0.906. The van der Waals surface area contributed by atoms with Gasteiger partial charge in [-0.15, -0.1) is 11.8 Å². The maximum Gasteiger partial charge on any atom is 0.338 e. The summed E-state index contributed by atoms with van der Waals surface area (Å²) in [6, 6.07) is 5.47. The van der Waals surface area contributed by atoms with Crippen LogP contribution in [-0.4, -0.2) is 35.1 Å². The Labute approximate surface area is 111 Å². The number of anilines is 1. The average Bonchev–Trinajstić information content (AvgIpc) is 2.35. The third-order valence-corrected chi connectivity index (χ3v) is 3.38. The van der Waals surface area contributed by atoms with Gasteiger partial charge in [0.25, 0.3) is 0 Å². The third kappa shape index (κ3) is 4.23. The van der Waals surface area contributed by atoms with Gasteiger partial charge in [-0.25, -0.2) is 4.79 Å². The smallest absolute Gasteiger partial charge is 0.338 e. The first-order valence-corrected chi connectivity index (χ1v) is 7.03. The van der Waals surface area contributed by atoms with E-state index in [1.54, 1.807) is 6.07 Å². The second-order valence-corrected chi connectivity index (χ2v) is 5.08. The molecule has 0 aliphatic rings. The van der Waals surface area contributed by atoms with Crippen molar-refractivity contribution < 1.29 is 15.0 Å². The van der Waals surface area contributed by atoms with Crippen LogP contribution in [0.2, 0.25) is 0 Å². The standard InChI is InChI=1S/C13H19NO3S/c1-2-18-11-7-5-6-10(12(11)13(16)17)14-8-3-4-9-15/h5-7,14-15H,2-4,8-9H2,1H3,(H,16,17). The zero-order chi connectivity index (χ0) is 13.4. The fourth-order valence-electron chi connectivity index (χ4n) is 1.63. The molecular weight excluding hydrogens is 250 g/mol. The van der Waals surface area contributed by atoms with Crippen LogP contribution >= 0.6 is 11.8 Å². The molecular formula is C13H19NO3S. The summed E-state index contributed by atoms with van der Waals surface area (Å²) in [6.07, 6.45) is 1.54. The number of aliphatic hydroxyl groups excluding tert-OH is 1. The van der Waals surface area contributed by atoms with Crippen molar-refractivity contribution in [3.63, 3.8) is 0 Å². The first-order chi connectivity index (χ1) is 8.70. The van der Waals surface area contributed by atoms with Gasteiger partial charge in [0.05, 0.1) is 5.56 Å². The molecule has 0 unspecified atom stereocenters. The highest BCUT2D eigenvalue weighted by molar-refractivity contribution is 7.99. The van der Waals surface area contributed by atoms with Gasteiger partial charge < -0.3 is 15.5 Å². The molecule has 0 heterocycles. The van der Waals surface area contributed by atoms with Crippen molar-refractivity contribution in [2.24, 2.45) is 0 Å². The summed E-state index contributed by atoms with van der Waals surface area (Å²) in [5.41, 5.74) is 0.993. The lowest BCUT2D eigenvalue weighted by Crippen LogP contribution is -2.09. The molecule has 0 aliphatic heterocycles. The van der Waals surface area contributed by atoms with E-state index in [9.17, 15) is 9.90 Å². The van der Waals surface area contributed by atoms with Crippen LogP contribution in [0.5, 0.6) is 0 Å². The van der Waals surface area contributed by atoms with Gasteiger partial charge in [-0.05, 0) is 30.7 Å². The van der Waals surface area contributed by atoms with Gasteiger partial charge in [-0.3, -0.25) is 0 Å². The molecule has 0 saturated carbocycles. The highest BCUT2D eigenvalue weighted by Gasteiger charge is 2.14. The van der Waals surface area contributed by atoms with Crippen molar-refractivity contribution in [3.05, 3.63) is 23.8 Å². The topological polar surface area (TPSA) is 69.6 Å². The molecule has 0 bridgehead atoms. The molecule has 0 radical (unpaired) electrons. The van der Waals surface area contributed by atoms with Gasteiger partial charge in [0, 0.05) is 23.7 Å². The zero-order valence-corrected chi connectivity index (χ0v) is 11.3. The second kappa shape index (κ2) is 8.00. The van der Waals surface area contributed by atoms with E-state index in [4.69, 9.17) is 5.11 Å². The van der Waals surface area contributed by atoms with Crippen molar-refractivity contribution in [1.82, 2.24) is 0 Å². The lowest BCUT2D eigenvalue weighted by molar-refractivity contribution is 0.0694. The minimum absolute atomic E-state index is 0.166. The van der Waals surface area contributed by atoms with Crippen molar-refractivity contribution in [2.45, 2.75) is 24.7 Å². The van der Waals surface area contributed by atoms with Crippen LogP contribution in [0.3, 0.4) is 0 Å². The number of benzene rings is 1. The van der Waals surface area contributed by atoms with Crippen molar-refractivity contribution in [3.8, 4) is 0 Å². The van der Waals surface area contributed by atoms with Gasteiger partial charge in [0.1, 0.15) is 0 Å². The fraction of sp³-hybridized carbons (Fsp3) is 0.462. The zero-order valence-electron chi connectivity index (χ0n) is 10.5. The molecule has 0 spiro atoms. The number of aliphatic hydroxyl groups is 1. The summed E-state index contributed by atoms with van der Waals surface area (Å²) in [4.78, 5) is 12.1.